The Balaban J connectivity index is 2.56. The molecular weight excluding hydrogens is 534 g/mol. The molecule has 2 rings (SSSR count). The Morgan fingerprint density at radius 3 is 2.46 bits per heavy atom. The van der Waals surface area contributed by atoms with E-state index in [1.54, 1.807) is 44.7 Å². The molecule has 9 heteroatoms. The van der Waals surface area contributed by atoms with Gasteiger partial charge in [0.2, 0.25) is 5.91 Å². The molecule has 212 valence electrons. The second kappa shape index (κ2) is 15.0. The van der Waals surface area contributed by atoms with Gasteiger partial charge in [0.1, 0.15) is 17.7 Å². The van der Waals surface area contributed by atoms with Crippen LogP contribution < -0.4 is 10.6 Å². The summed E-state index contributed by atoms with van der Waals surface area (Å²) >= 11 is 7.99. The van der Waals surface area contributed by atoms with E-state index < -0.39 is 29.7 Å². The van der Waals surface area contributed by atoms with Gasteiger partial charge in [0, 0.05) is 6.54 Å². The third kappa shape index (κ3) is 9.62. The molecule has 0 aliphatic carbocycles. The van der Waals surface area contributed by atoms with Crippen LogP contribution >= 0.6 is 23.4 Å². The molecule has 0 saturated carbocycles. The molecule has 0 radical (unpaired) electrons. The Hall–Kier alpha value is -2.97. The first kappa shape index (κ1) is 32.2. The van der Waals surface area contributed by atoms with E-state index in [1.165, 1.54) is 4.90 Å². The van der Waals surface area contributed by atoms with E-state index in [2.05, 4.69) is 17.2 Å². The fourth-order valence-electron chi connectivity index (χ4n) is 4.06. The second-order valence-corrected chi connectivity index (χ2v) is 11.6. The molecule has 0 spiro atoms. The summed E-state index contributed by atoms with van der Waals surface area (Å²) in [5.41, 5.74) is 2.00. The number of anilines is 1. The monoisotopic (exact) mass is 573 g/mol. The van der Waals surface area contributed by atoms with Crippen molar-refractivity contribution in [2.24, 2.45) is 0 Å². The van der Waals surface area contributed by atoms with Gasteiger partial charge in [0.15, 0.2) is 0 Å². The van der Waals surface area contributed by atoms with Crippen molar-refractivity contribution in [2.45, 2.75) is 65.1 Å². The van der Waals surface area contributed by atoms with Crippen molar-refractivity contribution in [3.63, 3.8) is 0 Å². The number of ether oxygens (including phenoxy) is 1. The summed E-state index contributed by atoms with van der Waals surface area (Å²) in [6.07, 6.45) is 3.92. The van der Waals surface area contributed by atoms with Crippen molar-refractivity contribution in [3.05, 3.63) is 70.8 Å². The van der Waals surface area contributed by atoms with E-state index in [1.807, 2.05) is 56.5 Å². The van der Waals surface area contributed by atoms with Gasteiger partial charge in [-0.1, -0.05) is 61.5 Å². The summed E-state index contributed by atoms with van der Waals surface area (Å²) in [7, 11) is 0. The van der Waals surface area contributed by atoms with Crippen LogP contribution in [0, 0.1) is 6.92 Å². The standard InChI is InChI=1S/C30H40ClN3O4S/c1-8-17-34(28(36)24(16-18-39-7)32-29(37)38-30(4,5)6)26(22-14-11-13-21(9-2)19-22)27(35)33-25-20(3)12-10-15-23(25)31/h9-15,19,24,26H,2,8,16-18H2,1,3-7H3,(H,32,37)(H,33,35). The number of nitrogens with zero attached hydrogens (tertiary/aromatic N) is 1. The van der Waals surface area contributed by atoms with Crippen molar-refractivity contribution in [1.29, 1.82) is 0 Å². The highest BCUT2D eigenvalue weighted by Crippen LogP contribution is 2.30. The average Bonchev–Trinajstić information content (AvgIpc) is 2.87. The van der Waals surface area contributed by atoms with Gasteiger partial charge in [-0.2, -0.15) is 11.8 Å². The molecule has 2 N–H and O–H groups in total. The molecule has 39 heavy (non-hydrogen) atoms. The first-order chi connectivity index (χ1) is 18.4. The molecule has 0 saturated heterocycles. The molecule has 7 nitrogen and oxygen atoms in total. The lowest BCUT2D eigenvalue weighted by Crippen LogP contribution is -2.52. The molecule has 0 aliphatic heterocycles. The van der Waals surface area contributed by atoms with Crippen LogP contribution in [0.5, 0.6) is 0 Å². The lowest BCUT2D eigenvalue weighted by atomic mass is 9.99. The highest BCUT2D eigenvalue weighted by molar-refractivity contribution is 7.98. The number of thioether (sulfide) groups is 1. The first-order valence-electron chi connectivity index (χ1n) is 13.0. The molecule has 0 fully saturated rings. The molecule has 2 aromatic rings. The lowest BCUT2D eigenvalue weighted by Gasteiger charge is -2.34. The summed E-state index contributed by atoms with van der Waals surface area (Å²) < 4.78 is 5.43. The van der Waals surface area contributed by atoms with Crippen LogP contribution in [0.1, 0.15) is 63.3 Å². The van der Waals surface area contributed by atoms with Crippen LogP contribution in [-0.2, 0) is 14.3 Å². The number of para-hydroxylation sites is 1. The summed E-state index contributed by atoms with van der Waals surface area (Å²) in [6, 6.07) is 10.9. The highest BCUT2D eigenvalue weighted by atomic mass is 35.5. The highest BCUT2D eigenvalue weighted by Gasteiger charge is 2.36. The molecule has 2 unspecified atom stereocenters. The molecule has 0 bridgehead atoms. The van der Waals surface area contributed by atoms with Crippen molar-refractivity contribution >= 4 is 53.0 Å². The third-order valence-electron chi connectivity index (χ3n) is 5.84. The Kier molecular flexibility index (Phi) is 12.4. The van der Waals surface area contributed by atoms with Crippen LogP contribution in [0.15, 0.2) is 49.0 Å². The van der Waals surface area contributed by atoms with Gasteiger partial charge in [-0.05, 0) is 81.4 Å². The number of carbonyl (C=O) groups excluding carboxylic acids is 3. The van der Waals surface area contributed by atoms with E-state index in [0.29, 0.717) is 41.4 Å². The fraction of sp³-hybridized carbons (Fsp3) is 0.433. The first-order valence-corrected chi connectivity index (χ1v) is 14.8. The van der Waals surface area contributed by atoms with Gasteiger partial charge >= 0.3 is 6.09 Å². The van der Waals surface area contributed by atoms with Crippen LogP contribution in [0.4, 0.5) is 10.5 Å². The minimum atomic E-state index is -0.981. The topological polar surface area (TPSA) is 87.7 Å². The van der Waals surface area contributed by atoms with Gasteiger partial charge < -0.3 is 20.3 Å². The minimum Gasteiger partial charge on any atom is -0.444 e. The van der Waals surface area contributed by atoms with Crippen molar-refractivity contribution in [1.82, 2.24) is 10.2 Å². The molecular formula is C30H40ClN3O4S. The van der Waals surface area contributed by atoms with Crippen LogP contribution in [0.2, 0.25) is 5.02 Å². The van der Waals surface area contributed by atoms with E-state index in [9.17, 15) is 14.4 Å². The fourth-order valence-corrected chi connectivity index (χ4v) is 4.80. The minimum absolute atomic E-state index is 0.294. The second-order valence-electron chi connectivity index (χ2n) is 10.2. The number of alkyl carbamates (subject to hydrolysis) is 1. The molecule has 0 aromatic heterocycles. The predicted molar refractivity (Wildman–Crippen MR) is 162 cm³/mol. The number of hydrogen-bond acceptors (Lipinski definition) is 5. The number of aryl methyl sites for hydroxylation is 1. The van der Waals surface area contributed by atoms with Gasteiger partial charge in [-0.3, -0.25) is 9.59 Å². The molecule has 3 amide bonds. The predicted octanol–water partition coefficient (Wildman–Crippen LogP) is 6.86. The summed E-state index contributed by atoms with van der Waals surface area (Å²) in [5, 5.41) is 6.11. The quantitative estimate of drug-likeness (QED) is 0.290. The number of halogens is 1. The molecule has 0 aliphatic rings. The van der Waals surface area contributed by atoms with Crippen LogP contribution in [0.3, 0.4) is 0 Å². The van der Waals surface area contributed by atoms with Gasteiger partial charge in [0.25, 0.3) is 5.91 Å². The maximum Gasteiger partial charge on any atom is 0.408 e. The number of nitrogens with one attached hydrogen (secondary N) is 2. The van der Waals surface area contributed by atoms with Crippen LogP contribution in [0.25, 0.3) is 6.08 Å². The normalized spacial score (nSPS) is 12.7. The zero-order chi connectivity index (χ0) is 29.2. The van der Waals surface area contributed by atoms with Gasteiger partial charge in [0.05, 0.1) is 10.7 Å². The number of benzene rings is 2. The third-order valence-corrected chi connectivity index (χ3v) is 6.80. The van der Waals surface area contributed by atoms with E-state index >= 15 is 0 Å². The van der Waals surface area contributed by atoms with Crippen molar-refractivity contribution < 1.29 is 19.1 Å². The SMILES string of the molecule is C=Cc1cccc(C(C(=O)Nc2c(C)cccc2Cl)N(CCC)C(=O)C(CCSC)NC(=O)OC(C)(C)C)c1. The summed E-state index contributed by atoms with van der Waals surface area (Å²) in [5.74, 6) is -0.139. The van der Waals surface area contributed by atoms with Crippen molar-refractivity contribution in [2.75, 3.05) is 23.9 Å². The molecule has 0 heterocycles. The van der Waals surface area contributed by atoms with Crippen LogP contribution in [-0.4, -0.2) is 53.0 Å². The zero-order valence-electron chi connectivity index (χ0n) is 23.7. The maximum atomic E-state index is 14.1. The number of hydrogen-bond donors (Lipinski definition) is 2. The van der Waals surface area contributed by atoms with Gasteiger partial charge in [-0.25, -0.2) is 4.79 Å². The Bertz CT molecular complexity index is 1140. The zero-order valence-corrected chi connectivity index (χ0v) is 25.2. The Morgan fingerprint density at radius 1 is 1.18 bits per heavy atom. The smallest absolute Gasteiger partial charge is 0.408 e. The largest absolute Gasteiger partial charge is 0.444 e. The maximum absolute atomic E-state index is 14.1. The van der Waals surface area contributed by atoms with Crippen molar-refractivity contribution in [3.8, 4) is 0 Å². The number of rotatable bonds is 12. The number of amides is 3. The van der Waals surface area contributed by atoms with E-state index in [4.69, 9.17) is 16.3 Å². The summed E-state index contributed by atoms with van der Waals surface area (Å²) in [4.78, 5) is 42.3. The van der Waals surface area contributed by atoms with E-state index in [0.717, 1.165) is 11.1 Å². The molecule has 2 atom stereocenters. The Morgan fingerprint density at radius 2 is 1.87 bits per heavy atom. The van der Waals surface area contributed by atoms with Gasteiger partial charge in [-0.15, -0.1) is 0 Å². The molecule has 2 aromatic carbocycles. The summed E-state index contributed by atoms with van der Waals surface area (Å²) in [6.45, 7) is 13.2. The number of carbonyl (C=O) groups is 3. The lowest BCUT2D eigenvalue weighted by molar-refractivity contribution is -0.140. The van der Waals surface area contributed by atoms with E-state index in [-0.39, 0.29) is 5.91 Å². The average molecular weight is 574 g/mol. The Labute approximate surface area is 241 Å².